The van der Waals surface area contributed by atoms with Crippen LogP contribution in [0.3, 0.4) is 0 Å². The maximum Gasteiger partial charge on any atom is 0.269 e. The molecule has 0 aliphatic carbocycles. The number of aromatic nitrogens is 2. The lowest BCUT2D eigenvalue weighted by atomic mass is 10.2. The number of amides is 1. The fourth-order valence-corrected chi connectivity index (χ4v) is 3.59. The molecule has 2 rings (SSSR count). The van der Waals surface area contributed by atoms with Crippen molar-refractivity contribution in [1.82, 2.24) is 10.2 Å². The van der Waals surface area contributed by atoms with Crippen molar-refractivity contribution < 1.29 is 9.72 Å². The molecule has 0 fully saturated rings. The van der Waals surface area contributed by atoms with Gasteiger partial charge in [-0.05, 0) is 30.2 Å². The number of nitrogens with zero attached hydrogens (tertiary/aromatic N) is 3. The molecule has 0 spiro atoms. The summed E-state index contributed by atoms with van der Waals surface area (Å²) in [7, 11) is 0. The van der Waals surface area contributed by atoms with E-state index in [1.807, 2.05) is 0 Å². The molecule has 0 radical (unpaired) electrons. The van der Waals surface area contributed by atoms with Crippen LogP contribution in [-0.4, -0.2) is 26.3 Å². The number of rotatable bonds is 7. The summed E-state index contributed by atoms with van der Waals surface area (Å²) in [5.41, 5.74) is 0.706. The second-order valence-corrected chi connectivity index (χ2v) is 7.54. The third kappa shape index (κ3) is 5.43. The smallest absolute Gasteiger partial charge is 0.269 e. The zero-order valence-corrected chi connectivity index (χ0v) is 14.8. The predicted molar refractivity (Wildman–Crippen MR) is 96.3 cm³/mol. The summed E-state index contributed by atoms with van der Waals surface area (Å²) in [6.07, 6.45) is 3.96. The first-order valence-corrected chi connectivity index (χ1v) is 8.91. The summed E-state index contributed by atoms with van der Waals surface area (Å²) in [5, 5.41) is 22.1. The number of carbonyl (C=O) groups is 1. The number of anilines is 1. The topological polar surface area (TPSA) is 98.0 Å². The lowest BCUT2D eigenvalue weighted by Gasteiger charge is -2.02. The van der Waals surface area contributed by atoms with Crippen LogP contribution in [0, 0.1) is 10.1 Å². The van der Waals surface area contributed by atoms with E-state index in [1.54, 1.807) is 30.0 Å². The third-order valence-electron chi connectivity index (χ3n) is 3.04. The zero-order valence-electron chi connectivity index (χ0n) is 13.1. The Balaban J connectivity index is 1.91. The summed E-state index contributed by atoms with van der Waals surface area (Å²) in [5.74, 6) is -0.329. The van der Waals surface area contributed by atoms with E-state index < -0.39 is 4.92 Å². The maximum absolute atomic E-state index is 11.9. The van der Waals surface area contributed by atoms with Gasteiger partial charge in [-0.25, -0.2) is 0 Å². The molecule has 1 aromatic heterocycles. The van der Waals surface area contributed by atoms with Crippen LogP contribution < -0.4 is 5.32 Å². The van der Waals surface area contributed by atoms with Gasteiger partial charge in [-0.2, -0.15) is 0 Å². The summed E-state index contributed by atoms with van der Waals surface area (Å²) < 4.78 is 0.819. The number of benzene rings is 1. The fourth-order valence-electron chi connectivity index (χ4n) is 1.59. The van der Waals surface area contributed by atoms with Crippen LogP contribution in [0.5, 0.6) is 0 Å². The van der Waals surface area contributed by atoms with Crippen molar-refractivity contribution >= 4 is 45.9 Å². The molecule has 1 amide bonds. The maximum atomic E-state index is 11.9. The van der Waals surface area contributed by atoms with E-state index in [-0.39, 0.29) is 11.6 Å². The van der Waals surface area contributed by atoms with Crippen molar-refractivity contribution in [2.24, 2.45) is 0 Å². The summed E-state index contributed by atoms with van der Waals surface area (Å²) in [6.45, 7) is 4.21. The number of thioether (sulfide) groups is 1. The highest BCUT2D eigenvalue weighted by Crippen LogP contribution is 2.29. The molecule has 126 valence electrons. The molecule has 0 aliphatic heterocycles. The average Bonchev–Trinajstić information content (AvgIpc) is 3.00. The number of non-ortho nitro benzene ring substituents is 1. The molecule has 0 bridgehead atoms. The van der Waals surface area contributed by atoms with Gasteiger partial charge in [0, 0.05) is 23.5 Å². The largest absolute Gasteiger partial charge is 0.297 e. The second kappa shape index (κ2) is 8.55. The van der Waals surface area contributed by atoms with E-state index in [2.05, 4.69) is 29.4 Å². The van der Waals surface area contributed by atoms with Crippen molar-refractivity contribution in [3.05, 3.63) is 46.0 Å². The van der Waals surface area contributed by atoms with Crippen molar-refractivity contribution in [2.45, 2.75) is 29.9 Å². The Labute approximate surface area is 147 Å². The van der Waals surface area contributed by atoms with Gasteiger partial charge < -0.3 is 0 Å². The molecule has 0 saturated carbocycles. The van der Waals surface area contributed by atoms with Gasteiger partial charge in [0.2, 0.25) is 11.0 Å². The van der Waals surface area contributed by atoms with E-state index in [9.17, 15) is 14.9 Å². The molecule has 1 aromatic carbocycles. The molecule has 0 aliphatic rings. The predicted octanol–water partition coefficient (Wildman–Crippen LogP) is 3.99. The fraction of sp³-hybridized carbons (Fsp3) is 0.267. The molecule has 1 heterocycles. The van der Waals surface area contributed by atoms with Crippen LogP contribution in [0.2, 0.25) is 0 Å². The van der Waals surface area contributed by atoms with Gasteiger partial charge >= 0.3 is 0 Å². The quantitative estimate of drug-likeness (QED) is 0.262. The van der Waals surface area contributed by atoms with Gasteiger partial charge in [0.1, 0.15) is 0 Å². The Morgan fingerprint density at radius 1 is 1.42 bits per heavy atom. The number of nitro benzene ring substituents is 1. The first kappa shape index (κ1) is 18.1. The van der Waals surface area contributed by atoms with Gasteiger partial charge in [-0.1, -0.05) is 36.9 Å². The molecule has 7 nitrogen and oxygen atoms in total. The van der Waals surface area contributed by atoms with Crippen LogP contribution in [0.25, 0.3) is 6.08 Å². The van der Waals surface area contributed by atoms with Crippen molar-refractivity contribution in [3.8, 4) is 0 Å². The molecule has 0 saturated heterocycles. The van der Waals surface area contributed by atoms with Gasteiger partial charge in [0.25, 0.3) is 5.69 Å². The van der Waals surface area contributed by atoms with Crippen LogP contribution in [0.4, 0.5) is 10.8 Å². The Morgan fingerprint density at radius 3 is 2.75 bits per heavy atom. The lowest BCUT2D eigenvalue weighted by Crippen LogP contribution is -2.07. The molecule has 1 atom stereocenters. The summed E-state index contributed by atoms with van der Waals surface area (Å²) >= 11 is 2.96. The molecule has 1 unspecified atom stereocenters. The second-order valence-electron chi connectivity index (χ2n) is 4.88. The Bertz CT molecular complexity index is 743. The molecular formula is C15H16N4O3S2. The number of hydrogen-bond acceptors (Lipinski definition) is 7. The molecule has 2 aromatic rings. The van der Waals surface area contributed by atoms with Crippen LogP contribution in [0.1, 0.15) is 25.8 Å². The zero-order chi connectivity index (χ0) is 17.5. The summed E-state index contributed by atoms with van der Waals surface area (Å²) in [4.78, 5) is 22.0. The SMILES string of the molecule is CCC(C)Sc1nnc(NC(=O)/C=C/c2ccc([N+](=O)[O-])cc2)s1. The standard InChI is InChI=1S/C15H16N4O3S2/c1-3-10(2)23-15-18-17-14(24-15)16-13(20)9-6-11-4-7-12(8-5-11)19(21)22/h4-10H,3H2,1-2H3,(H,16,17,20)/b9-6+. The van der Waals surface area contributed by atoms with E-state index in [0.29, 0.717) is 15.9 Å². The van der Waals surface area contributed by atoms with Crippen LogP contribution in [0.15, 0.2) is 34.7 Å². The van der Waals surface area contributed by atoms with Gasteiger partial charge in [-0.15, -0.1) is 10.2 Å². The first-order valence-electron chi connectivity index (χ1n) is 7.21. The van der Waals surface area contributed by atoms with E-state index in [1.165, 1.54) is 29.5 Å². The average molecular weight is 364 g/mol. The normalized spacial score (nSPS) is 12.2. The Morgan fingerprint density at radius 2 is 2.12 bits per heavy atom. The summed E-state index contributed by atoms with van der Waals surface area (Å²) in [6, 6.07) is 5.93. The van der Waals surface area contributed by atoms with Crippen molar-refractivity contribution in [2.75, 3.05) is 5.32 Å². The van der Waals surface area contributed by atoms with Crippen LogP contribution in [-0.2, 0) is 4.79 Å². The van der Waals surface area contributed by atoms with Crippen molar-refractivity contribution in [1.29, 1.82) is 0 Å². The minimum atomic E-state index is -0.468. The number of hydrogen-bond donors (Lipinski definition) is 1. The monoisotopic (exact) mass is 364 g/mol. The van der Waals surface area contributed by atoms with Crippen LogP contribution >= 0.6 is 23.1 Å². The van der Waals surface area contributed by atoms with Crippen molar-refractivity contribution in [3.63, 3.8) is 0 Å². The van der Waals surface area contributed by atoms with Gasteiger partial charge in [0.05, 0.1) is 4.92 Å². The number of carbonyl (C=O) groups excluding carboxylic acids is 1. The number of nitrogens with one attached hydrogen (secondary N) is 1. The van der Waals surface area contributed by atoms with E-state index >= 15 is 0 Å². The highest BCUT2D eigenvalue weighted by atomic mass is 32.2. The first-order chi connectivity index (χ1) is 11.5. The van der Waals surface area contributed by atoms with Gasteiger partial charge in [-0.3, -0.25) is 20.2 Å². The van der Waals surface area contributed by atoms with E-state index in [0.717, 1.165) is 10.8 Å². The van der Waals surface area contributed by atoms with Gasteiger partial charge in [0.15, 0.2) is 4.34 Å². The lowest BCUT2D eigenvalue weighted by molar-refractivity contribution is -0.384. The van der Waals surface area contributed by atoms with E-state index in [4.69, 9.17) is 0 Å². The molecular weight excluding hydrogens is 348 g/mol. The Hall–Kier alpha value is -2.26. The Kier molecular flexibility index (Phi) is 6.44. The molecule has 9 heteroatoms. The minimum absolute atomic E-state index is 0.0109. The minimum Gasteiger partial charge on any atom is -0.297 e. The highest BCUT2D eigenvalue weighted by Gasteiger charge is 2.09. The highest BCUT2D eigenvalue weighted by molar-refractivity contribution is 8.01. The molecule has 24 heavy (non-hydrogen) atoms. The third-order valence-corrected chi connectivity index (χ3v) is 5.24. The molecule has 1 N–H and O–H groups in total. The number of nitro groups is 1.